The molecule has 0 spiro atoms. The van der Waals surface area contributed by atoms with E-state index in [1.54, 1.807) is 0 Å². The number of nitrogens with zero attached hydrogens (tertiary/aromatic N) is 2. The number of rotatable bonds is 3. The van der Waals surface area contributed by atoms with Crippen molar-refractivity contribution >= 4 is 11.6 Å². The van der Waals surface area contributed by atoms with Crippen LogP contribution in [0.3, 0.4) is 0 Å². The van der Waals surface area contributed by atoms with Crippen LogP contribution in [0.4, 0.5) is 5.69 Å². The number of benzene rings is 1. The van der Waals surface area contributed by atoms with Crippen LogP contribution in [0.1, 0.15) is 37.0 Å². The first kappa shape index (κ1) is 13.9. The maximum absolute atomic E-state index is 12.4. The van der Waals surface area contributed by atoms with E-state index in [0.29, 0.717) is 5.92 Å². The van der Waals surface area contributed by atoms with Crippen molar-refractivity contribution in [2.24, 2.45) is 5.92 Å². The number of hydrogen-bond donors (Lipinski definition) is 0. The summed E-state index contributed by atoms with van der Waals surface area (Å²) < 4.78 is 0. The zero-order valence-electron chi connectivity index (χ0n) is 12.2. The number of carbonyl (C=O) groups is 1. The van der Waals surface area contributed by atoms with Crippen molar-refractivity contribution in [3.63, 3.8) is 0 Å². The van der Waals surface area contributed by atoms with Crippen LogP contribution < -0.4 is 4.90 Å². The van der Waals surface area contributed by atoms with Gasteiger partial charge in [-0.1, -0.05) is 6.92 Å². The van der Waals surface area contributed by atoms with E-state index in [4.69, 9.17) is 0 Å². The zero-order chi connectivity index (χ0) is 13.8. The van der Waals surface area contributed by atoms with E-state index in [1.165, 1.54) is 6.42 Å². The lowest BCUT2D eigenvalue weighted by Gasteiger charge is -2.31. The predicted molar refractivity (Wildman–Crippen MR) is 79.7 cm³/mol. The van der Waals surface area contributed by atoms with Crippen LogP contribution >= 0.6 is 0 Å². The van der Waals surface area contributed by atoms with Crippen LogP contribution in [0.15, 0.2) is 24.3 Å². The van der Waals surface area contributed by atoms with Gasteiger partial charge in [0.15, 0.2) is 0 Å². The number of anilines is 1. The van der Waals surface area contributed by atoms with Gasteiger partial charge in [0.25, 0.3) is 5.91 Å². The van der Waals surface area contributed by atoms with Crippen molar-refractivity contribution in [1.29, 1.82) is 0 Å². The molecule has 3 nitrogen and oxygen atoms in total. The van der Waals surface area contributed by atoms with Gasteiger partial charge in [-0.05, 0) is 49.9 Å². The molecular weight excluding hydrogens is 236 g/mol. The molecule has 1 fully saturated rings. The molecule has 1 aliphatic rings. The molecule has 0 aromatic heterocycles. The van der Waals surface area contributed by atoms with E-state index in [1.807, 2.05) is 29.2 Å². The van der Waals surface area contributed by atoms with Crippen molar-refractivity contribution in [2.75, 3.05) is 31.6 Å². The first-order chi connectivity index (χ1) is 9.11. The quantitative estimate of drug-likeness (QED) is 0.834. The highest BCUT2D eigenvalue weighted by Crippen LogP contribution is 2.19. The second kappa shape index (κ2) is 6.09. The molecule has 0 aliphatic carbocycles. The number of likely N-dealkylation sites (tertiary alicyclic amines) is 1. The number of amides is 1. The molecule has 0 bridgehead atoms. The van der Waals surface area contributed by atoms with Crippen LogP contribution in [0, 0.1) is 5.92 Å². The third-order valence-corrected chi connectivity index (χ3v) is 3.97. The monoisotopic (exact) mass is 260 g/mol. The third-order valence-electron chi connectivity index (χ3n) is 3.97. The molecule has 1 aromatic rings. The molecule has 1 saturated heterocycles. The molecule has 1 amide bonds. The van der Waals surface area contributed by atoms with Gasteiger partial charge in [-0.25, -0.2) is 0 Å². The lowest BCUT2D eigenvalue weighted by molar-refractivity contribution is 0.0683. The minimum Gasteiger partial charge on any atom is -0.375 e. The molecule has 0 saturated carbocycles. The van der Waals surface area contributed by atoms with Crippen LogP contribution in [0.25, 0.3) is 0 Å². The minimum atomic E-state index is 0.178. The Morgan fingerprint density at radius 3 is 2.63 bits per heavy atom. The lowest BCUT2D eigenvalue weighted by Crippen LogP contribution is -2.39. The van der Waals surface area contributed by atoms with E-state index in [-0.39, 0.29) is 5.91 Å². The van der Waals surface area contributed by atoms with Crippen LogP contribution in [0.2, 0.25) is 0 Å². The second-order valence-electron chi connectivity index (χ2n) is 5.56. The first-order valence-corrected chi connectivity index (χ1v) is 7.22. The Labute approximate surface area is 116 Å². The van der Waals surface area contributed by atoms with Gasteiger partial charge in [-0.2, -0.15) is 0 Å². The van der Waals surface area contributed by atoms with Crippen LogP contribution in [-0.2, 0) is 0 Å². The molecule has 2 rings (SSSR count). The first-order valence-electron chi connectivity index (χ1n) is 7.22. The summed E-state index contributed by atoms with van der Waals surface area (Å²) in [5.41, 5.74) is 1.97. The topological polar surface area (TPSA) is 23.6 Å². The van der Waals surface area contributed by atoms with E-state index in [9.17, 15) is 4.79 Å². The average molecular weight is 260 g/mol. The Morgan fingerprint density at radius 1 is 1.37 bits per heavy atom. The number of piperidine rings is 1. The van der Waals surface area contributed by atoms with Crippen molar-refractivity contribution in [2.45, 2.75) is 26.7 Å². The molecule has 19 heavy (non-hydrogen) atoms. The Bertz CT molecular complexity index is 427. The highest BCUT2D eigenvalue weighted by Gasteiger charge is 2.21. The molecule has 1 heterocycles. The van der Waals surface area contributed by atoms with Crippen molar-refractivity contribution < 1.29 is 4.79 Å². The number of carbonyl (C=O) groups excluding carboxylic acids is 1. The Hall–Kier alpha value is -1.51. The standard InChI is InChI=1S/C16H24N2O/c1-4-17(3)15-9-7-14(8-10-15)16(19)18-11-5-6-13(2)12-18/h7-10,13H,4-6,11-12H2,1-3H3. The Balaban J connectivity index is 2.07. The number of hydrogen-bond acceptors (Lipinski definition) is 2. The fourth-order valence-electron chi connectivity index (χ4n) is 2.60. The summed E-state index contributed by atoms with van der Waals surface area (Å²) in [6, 6.07) is 7.96. The summed E-state index contributed by atoms with van der Waals surface area (Å²) in [6.07, 6.45) is 2.37. The summed E-state index contributed by atoms with van der Waals surface area (Å²) in [4.78, 5) is 16.6. The zero-order valence-corrected chi connectivity index (χ0v) is 12.2. The summed E-state index contributed by atoms with van der Waals surface area (Å²) in [7, 11) is 2.06. The molecule has 0 radical (unpaired) electrons. The van der Waals surface area contributed by atoms with E-state index < -0.39 is 0 Å². The molecule has 1 aromatic carbocycles. The summed E-state index contributed by atoms with van der Waals surface area (Å²) in [5, 5.41) is 0. The fourth-order valence-corrected chi connectivity index (χ4v) is 2.60. The Kier molecular flexibility index (Phi) is 4.46. The predicted octanol–water partition coefficient (Wildman–Crippen LogP) is 3.01. The molecule has 104 valence electrons. The normalized spacial score (nSPS) is 19.3. The average Bonchev–Trinajstić information content (AvgIpc) is 2.46. The van der Waals surface area contributed by atoms with E-state index in [0.717, 1.165) is 37.3 Å². The van der Waals surface area contributed by atoms with Crippen LogP contribution in [-0.4, -0.2) is 37.5 Å². The molecule has 1 atom stereocenters. The highest BCUT2D eigenvalue weighted by atomic mass is 16.2. The Morgan fingerprint density at radius 2 is 2.05 bits per heavy atom. The fraction of sp³-hybridized carbons (Fsp3) is 0.562. The SMILES string of the molecule is CCN(C)c1ccc(C(=O)N2CCCC(C)C2)cc1. The van der Waals surface area contributed by atoms with Crippen molar-refractivity contribution in [3.8, 4) is 0 Å². The second-order valence-corrected chi connectivity index (χ2v) is 5.56. The molecule has 1 unspecified atom stereocenters. The van der Waals surface area contributed by atoms with Gasteiger partial charge in [0, 0.05) is 37.9 Å². The lowest BCUT2D eigenvalue weighted by atomic mass is 9.99. The largest absolute Gasteiger partial charge is 0.375 e. The van der Waals surface area contributed by atoms with Gasteiger partial charge in [-0.3, -0.25) is 4.79 Å². The smallest absolute Gasteiger partial charge is 0.253 e. The summed E-state index contributed by atoms with van der Waals surface area (Å²) in [6.45, 7) is 7.11. The minimum absolute atomic E-state index is 0.178. The van der Waals surface area contributed by atoms with Gasteiger partial charge < -0.3 is 9.80 Å². The van der Waals surface area contributed by atoms with Crippen LogP contribution in [0.5, 0.6) is 0 Å². The maximum atomic E-state index is 12.4. The molecule has 0 N–H and O–H groups in total. The molecule has 1 aliphatic heterocycles. The van der Waals surface area contributed by atoms with Gasteiger partial charge in [0.05, 0.1) is 0 Å². The highest BCUT2D eigenvalue weighted by molar-refractivity contribution is 5.94. The van der Waals surface area contributed by atoms with E-state index >= 15 is 0 Å². The molecule has 3 heteroatoms. The van der Waals surface area contributed by atoms with Gasteiger partial charge in [-0.15, -0.1) is 0 Å². The summed E-state index contributed by atoms with van der Waals surface area (Å²) >= 11 is 0. The van der Waals surface area contributed by atoms with Gasteiger partial charge >= 0.3 is 0 Å². The molecular formula is C16H24N2O. The summed E-state index contributed by atoms with van der Waals surface area (Å²) in [5.74, 6) is 0.806. The van der Waals surface area contributed by atoms with E-state index in [2.05, 4.69) is 25.8 Å². The maximum Gasteiger partial charge on any atom is 0.253 e. The van der Waals surface area contributed by atoms with Crippen molar-refractivity contribution in [1.82, 2.24) is 4.90 Å². The van der Waals surface area contributed by atoms with Gasteiger partial charge in [0.1, 0.15) is 0 Å². The van der Waals surface area contributed by atoms with Gasteiger partial charge in [0.2, 0.25) is 0 Å². The van der Waals surface area contributed by atoms with Crippen molar-refractivity contribution in [3.05, 3.63) is 29.8 Å². The third kappa shape index (κ3) is 3.28.